The van der Waals surface area contributed by atoms with Gasteiger partial charge in [0.25, 0.3) is 0 Å². The van der Waals surface area contributed by atoms with Crippen LogP contribution in [0.2, 0.25) is 0 Å². The molecule has 4 atom stereocenters. The first kappa shape index (κ1) is 9.46. The van der Waals surface area contributed by atoms with E-state index in [0.717, 1.165) is 6.54 Å². The van der Waals surface area contributed by atoms with E-state index >= 15 is 0 Å². The van der Waals surface area contributed by atoms with E-state index in [1.807, 2.05) is 0 Å². The minimum atomic E-state index is -0.395. The van der Waals surface area contributed by atoms with Crippen molar-refractivity contribution >= 4 is 7.85 Å². The standard InChI is InChI=1S/C8H14BNO3/c1-11-4-8(12-2)5-3-10-6(8)7(9)13-5/h5-7,10H,3-4H2,1-2H3/t5-,6+,7-,8?/m1/s1. The maximum Gasteiger partial charge on any atom is 0.135 e. The second kappa shape index (κ2) is 3.24. The molecular formula is C8H14BNO3. The summed E-state index contributed by atoms with van der Waals surface area (Å²) in [6.45, 7) is 1.30. The second-order valence-corrected chi connectivity index (χ2v) is 3.57. The number of fused-ring (bicyclic) bond motifs is 2. The van der Waals surface area contributed by atoms with Crippen LogP contribution < -0.4 is 5.32 Å². The number of methoxy groups -OCH3 is 2. The topological polar surface area (TPSA) is 39.7 Å². The highest BCUT2D eigenvalue weighted by Gasteiger charge is 2.59. The number of nitrogens with one attached hydrogen (secondary N) is 1. The third kappa shape index (κ3) is 1.15. The lowest BCUT2D eigenvalue weighted by atomic mass is 9.85. The van der Waals surface area contributed by atoms with Crippen LogP contribution in [0.25, 0.3) is 0 Å². The molecule has 0 aliphatic carbocycles. The first-order valence-corrected chi connectivity index (χ1v) is 4.43. The van der Waals surface area contributed by atoms with Crippen LogP contribution in [0.3, 0.4) is 0 Å². The monoisotopic (exact) mass is 183 g/mol. The normalized spacial score (nSPS) is 48.6. The maximum absolute atomic E-state index is 5.78. The molecule has 0 spiro atoms. The third-order valence-corrected chi connectivity index (χ3v) is 2.99. The fraction of sp³-hybridized carbons (Fsp3) is 1.00. The Morgan fingerprint density at radius 1 is 1.62 bits per heavy atom. The van der Waals surface area contributed by atoms with Crippen molar-refractivity contribution < 1.29 is 14.2 Å². The van der Waals surface area contributed by atoms with Crippen LogP contribution in [0, 0.1) is 0 Å². The predicted molar refractivity (Wildman–Crippen MR) is 47.8 cm³/mol. The quantitative estimate of drug-likeness (QED) is 0.563. The highest BCUT2D eigenvalue weighted by Crippen LogP contribution is 2.37. The van der Waals surface area contributed by atoms with Gasteiger partial charge in [0, 0.05) is 26.8 Å². The average molecular weight is 183 g/mol. The molecule has 0 aromatic rings. The van der Waals surface area contributed by atoms with E-state index in [2.05, 4.69) is 5.32 Å². The zero-order valence-corrected chi connectivity index (χ0v) is 7.95. The van der Waals surface area contributed by atoms with Crippen molar-refractivity contribution in [3.05, 3.63) is 0 Å². The molecule has 72 valence electrons. The van der Waals surface area contributed by atoms with E-state index in [1.165, 1.54) is 0 Å². The summed E-state index contributed by atoms with van der Waals surface area (Å²) in [5, 5.41) is 3.28. The van der Waals surface area contributed by atoms with Crippen molar-refractivity contribution in [3.8, 4) is 0 Å². The Morgan fingerprint density at radius 2 is 2.38 bits per heavy atom. The number of rotatable bonds is 3. The van der Waals surface area contributed by atoms with Gasteiger partial charge in [-0.3, -0.25) is 0 Å². The molecule has 2 saturated heterocycles. The van der Waals surface area contributed by atoms with Crippen LogP contribution in [0.1, 0.15) is 0 Å². The summed E-state index contributed by atoms with van der Waals surface area (Å²) in [7, 11) is 9.11. The van der Waals surface area contributed by atoms with Gasteiger partial charge in [-0.1, -0.05) is 0 Å². The molecule has 0 amide bonds. The summed E-state index contributed by atoms with van der Waals surface area (Å²) in [5.41, 5.74) is -0.395. The number of hydrogen-bond acceptors (Lipinski definition) is 4. The van der Waals surface area contributed by atoms with Gasteiger partial charge in [-0.15, -0.1) is 0 Å². The Balaban J connectivity index is 2.20. The largest absolute Gasteiger partial charge is 0.382 e. The summed E-state index contributed by atoms with van der Waals surface area (Å²) in [6, 6.07) is -0.240. The van der Waals surface area contributed by atoms with Gasteiger partial charge < -0.3 is 19.5 Å². The fourth-order valence-electron chi connectivity index (χ4n) is 2.33. The Morgan fingerprint density at radius 3 is 2.77 bits per heavy atom. The van der Waals surface area contributed by atoms with E-state index in [-0.39, 0.29) is 18.1 Å². The molecule has 2 aliphatic rings. The molecule has 2 bridgehead atoms. The molecule has 13 heavy (non-hydrogen) atoms. The fourth-order valence-corrected chi connectivity index (χ4v) is 2.33. The van der Waals surface area contributed by atoms with Crippen molar-refractivity contribution in [1.82, 2.24) is 5.32 Å². The Bertz CT molecular complexity index is 204. The van der Waals surface area contributed by atoms with Gasteiger partial charge in [-0.25, -0.2) is 0 Å². The molecule has 0 saturated carbocycles. The van der Waals surface area contributed by atoms with E-state index in [0.29, 0.717) is 6.61 Å². The Labute approximate surface area is 79.3 Å². The highest BCUT2D eigenvalue weighted by molar-refractivity contribution is 6.12. The van der Waals surface area contributed by atoms with Gasteiger partial charge in [0.05, 0.1) is 12.6 Å². The summed E-state index contributed by atoms with van der Waals surface area (Å²) in [6.07, 6.45) is 0.0115. The van der Waals surface area contributed by atoms with Gasteiger partial charge >= 0.3 is 0 Å². The van der Waals surface area contributed by atoms with E-state index in [1.54, 1.807) is 14.2 Å². The lowest BCUT2D eigenvalue weighted by Crippen LogP contribution is -2.51. The van der Waals surface area contributed by atoms with Gasteiger partial charge in [0.15, 0.2) is 0 Å². The first-order chi connectivity index (χ1) is 6.24. The summed E-state index contributed by atoms with van der Waals surface area (Å²) in [5.74, 6) is 0. The molecule has 2 heterocycles. The minimum absolute atomic E-state index is 0.0115. The smallest absolute Gasteiger partial charge is 0.135 e. The number of ether oxygens (including phenoxy) is 3. The van der Waals surface area contributed by atoms with Crippen molar-refractivity contribution in [2.75, 3.05) is 27.4 Å². The zero-order chi connectivity index (χ0) is 9.47. The van der Waals surface area contributed by atoms with Crippen LogP contribution in [0.4, 0.5) is 0 Å². The molecule has 2 radical (unpaired) electrons. The van der Waals surface area contributed by atoms with Crippen molar-refractivity contribution in [2.45, 2.75) is 23.8 Å². The van der Waals surface area contributed by atoms with Crippen LogP contribution >= 0.6 is 0 Å². The van der Waals surface area contributed by atoms with Gasteiger partial charge in [0.2, 0.25) is 0 Å². The van der Waals surface area contributed by atoms with Gasteiger partial charge in [-0.2, -0.15) is 0 Å². The molecule has 2 fully saturated rings. The zero-order valence-electron chi connectivity index (χ0n) is 7.95. The summed E-state index contributed by atoms with van der Waals surface area (Å²) >= 11 is 0. The van der Waals surface area contributed by atoms with Gasteiger partial charge in [0.1, 0.15) is 19.6 Å². The lowest BCUT2D eigenvalue weighted by Gasteiger charge is -2.29. The Hall–Kier alpha value is -0.0951. The SMILES string of the molecule is [B][C@@H]1O[C@@H]2CN[C@@H]1C2(COC)OC. The van der Waals surface area contributed by atoms with Crippen LogP contribution in [-0.2, 0) is 14.2 Å². The van der Waals surface area contributed by atoms with Crippen LogP contribution in [0.15, 0.2) is 0 Å². The maximum atomic E-state index is 5.78. The molecule has 2 aliphatic heterocycles. The number of hydrogen-bond donors (Lipinski definition) is 1. The first-order valence-electron chi connectivity index (χ1n) is 4.43. The summed E-state index contributed by atoms with van der Waals surface area (Å²) in [4.78, 5) is 0. The van der Waals surface area contributed by atoms with E-state index in [4.69, 9.17) is 22.1 Å². The van der Waals surface area contributed by atoms with Crippen molar-refractivity contribution in [1.29, 1.82) is 0 Å². The second-order valence-electron chi connectivity index (χ2n) is 3.57. The molecule has 2 rings (SSSR count). The minimum Gasteiger partial charge on any atom is -0.382 e. The van der Waals surface area contributed by atoms with Crippen LogP contribution in [0.5, 0.6) is 0 Å². The molecular weight excluding hydrogens is 169 g/mol. The van der Waals surface area contributed by atoms with Crippen LogP contribution in [-0.4, -0.2) is 59.0 Å². The number of morpholine rings is 1. The van der Waals surface area contributed by atoms with Crippen molar-refractivity contribution in [3.63, 3.8) is 0 Å². The van der Waals surface area contributed by atoms with E-state index in [9.17, 15) is 0 Å². The summed E-state index contributed by atoms with van der Waals surface area (Å²) < 4.78 is 16.2. The molecule has 4 nitrogen and oxygen atoms in total. The van der Waals surface area contributed by atoms with Gasteiger partial charge in [-0.05, 0) is 0 Å². The molecule has 1 unspecified atom stereocenters. The molecule has 1 N–H and O–H groups in total. The van der Waals surface area contributed by atoms with Crippen molar-refractivity contribution in [2.24, 2.45) is 0 Å². The van der Waals surface area contributed by atoms with E-state index < -0.39 is 5.60 Å². The lowest BCUT2D eigenvalue weighted by molar-refractivity contribution is -0.0914. The average Bonchev–Trinajstić information content (AvgIpc) is 2.58. The molecule has 0 aromatic carbocycles. The Kier molecular flexibility index (Phi) is 2.36. The third-order valence-electron chi connectivity index (χ3n) is 2.99. The highest BCUT2D eigenvalue weighted by atomic mass is 16.6. The predicted octanol–water partition coefficient (Wildman–Crippen LogP) is -1.12. The molecule has 0 aromatic heterocycles. The molecule has 5 heteroatoms.